The van der Waals surface area contributed by atoms with Crippen molar-refractivity contribution >= 4 is 34.4 Å². The van der Waals surface area contributed by atoms with Crippen molar-refractivity contribution in [2.45, 2.75) is 59.5 Å². The third-order valence-corrected chi connectivity index (χ3v) is 6.81. The summed E-state index contributed by atoms with van der Waals surface area (Å²) >= 11 is 0. The fourth-order valence-electron chi connectivity index (χ4n) is 4.74. The van der Waals surface area contributed by atoms with Crippen LogP contribution < -0.4 is 10.6 Å². The number of carbonyl (C=O) groups is 3. The Morgan fingerprint density at radius 1 is 1.08 bits per heavy atom. The van der Waals surface area contributed by atoms with Crippen molar-refractivity contribution in [2.24, 2.45) is 0 Å². The lowest BCUT2D eigenvalue weighted by Crippen LogP contribution is -2.24. The fourth-order valence-corrected chi connectivity index (χ4v) is 4.74. The predicted molar refractivity (Wildman–Crippen MR) is 151 cm³/mol. The summed E-state index contributed by atoms with van der Waals surface area (Å²) in [5, 5.41) is 20.3. The normalized spacial score (nSPS) is 11.9. The second-order valence-corrected chi connectivity index (χ2v) is 9.93. The summed E-state index contributed by atoms with van der Waals surface area (Å²) < 4.78 is 3.73. The van der Waals surface area contributed by atoms with Gasteiger partial charge in [-0.2, -0.15) is 5.10 Å². The molecule has 0 fully saturated rings. The minimum Gasteiger partial charge on any atom is -0.481 e. The Balaban J connectivity index is 1.62. The number of rotatable bonds is 11. The zero-order valence-corrected chi connectivity index (χ0v) is 22.8. The summed E-state index contributed by atoms with van der Waals surface area (Å²) in [6.45, 7) is 8.74. The van der Waals surface area contributed by atoms with Crippen molar-refractivity contribution in [2.75, 3.05) is 11.9 Å². The molecule has 9 nitrogen and oxygen atoms in total. The monoisotopic (exact) mass is 529 g/mol. The first kappa shape index (κ1) is 27.6. The van der Waals surface area contributed by atoms with Crippen LogP contribution in [0.4, 0.5) is 5.69 Å². The largest absolute Gasteiger partial charge is 0.481 e. The number of nitrogens with one attached hydrogen (secondary N) is 2. The van der Waals surface area contributed by atoms with Crippen LogP contribution in [-0.4, -0.2) is 43.8 Å². The Bertz CT molecular complexity index is 1520. The van der Waals surface area contributed by atoms with Crippen molar-refractivity contribution in [3.05, 3.63) is 82.8 Å². The van der Waals surface area contributed by atoms with Gasteiger partial charge in [0.1, 0.15) is 6.04 Å². The van der Waals surface area contributed by atoms with Gasteiger partial charge in [-0.1, -0.05) is 18.2 Å². The van der Waals surface area contributed by atoms with Crippen LogP contribution in [-0.2, 0) is 22.6 Å². The van der Waals surface area contributed by atoms with Gasteiger partial charge in [0.05, 0.1) is 12.7 Å². The van der Waals surface area contributed by atoms with Gasteiger partial charge < -0.3 is 20.3 Å². The molecule has 0 bridgehead atoms. The van der Waals surface area contributed by atoms with Crippen molar-refractivity contribution < 1.29 is 19.5 Å². The van der Waals surface area contributed by atoms with E-state index in [2.05, 4.69) is 15.7 Å². The molecule has 2 aromatic carbocycles. The van der Waals surface area contributed by atoms with E-state index in [0.717, 1.165) is 33.2 Å². The molecule has 0 saturated heterocycles. The highest BCUT2D eigenvalue weighted by molar-refractivity contribution is 6.00. The molecule has 0 saturated carbocycles. The van der Waals surface area contributed by atoms with E-state index in [4.69, 9.17) is 5.11 Å². The number of fused-ring (bicyclic) bond motifs is 1. The molecule has 2 heterocycles. The maximum Gasteiger partial charge on any atom is 0.303 e. The highest BCUT2D eigenvalue weighted by atomic mass is 16.4. The molecule has 0 spiro atoms. The van der Waals surface area contributed by atoms with Crippen LogP contribution >= 0.6 is 0 Å². The van der Waals surface area contributed by atoms with Gasteiger partial charge in [0.2, 0.25) is 5.91 Å². The zero-order valence-electron chi connectivity index (χ0n) is 22.8. The summed E-state index contributed by atoms with van der Waals surface area (Å²) in [6.07, 6.45) is 6.73. The van der Waals surface area contributed by atoms with Crippen LogP contribution in [0, 0.1) is 13.8 Å². The first-order valence-electron chi connectivity index (χ1n) is 13.2. The second-order valence-electron chi connectivity index (χ2n) is 9.93. The molecular formula is C30H35N5O4. The molecule has 2 amide bonds. The third-order valence-electron chi connectivity index (χ3n) is 6.81. The van der Waals surface area contributed by atoms with Crippen LogP contribution in [0.1, 0.15) is 65.3 Å². The minimum atomic E-state index is -0.846. The third kappa shape index (κ3) is 6.54. The second kappa shape index (κ2) is 12.0. The van der Waals surface area contributed by atoms with E-state index in [1.165, 1.54) is 0 Å². The number of carbonyl (C=O) groups excluding carboxylic acids is 2. The van der Waals surface area contributed by atoms with E-state index in [9.17, 15) is 14.4 Å². The van der Waals surface area contributed by atoms with Gasteiger partial charge in [-0.3, -0.25) is 19.1 Å². The molecule has 3 N–H and O–H groups in total. The van der Waals surface area contributed by atoms with Crippen LogP contribution in [0.2, 0.25) is 0 Å². The smallest absolute Gasteiger partial charge is 0.303 e. The van der Waals surface area contributed by atoms with Crippen molar-refractivity contribution in [1.29, 1.82) is 0 Å². The summed E-state index contributed by atoms with van der Waals surface area (Å²) in [4.78, 5) is 37.1. The maximum atomic E-state index is 13.6. The fraction of sp³-hybridized carbons (Fsp3) is 0.333. The van der Waals surface area contributed by atoms with Crippen LogP contribution in [0.15, 0.2) is 55.0 Å². The predicted octanol–water partition coefficient (Wildman–Crippen LogP) is 4.86. The average Bonchev–Trinajstić information content (AvgIpc) is 3.46. The Kier molecular flexibility index (Phi) is 8.49. The number of anilines is 1. The van der Waals surface area contributed by atoms with E-state index in [0.29, 0.717) is 37.2 Å². The molecule has 2 aromatic heterocycles. The highest BCUT2D eigenvalue weighted by Crippen LogP contribution is 2.27. The molecule has 204 valence electrons. The molecule has 0 aliphatic heterocycles. The number of benzene rings is 2. The van der Waals surface area contributed by atoms with Crippen molar-refractivity contribution in [3.63, 3.8) is 0 Å². The number of nitrogens with zero attached hydrogens (tertiary/aromatic N) is 3. The molecule has 1 atom stereocenters. The Morgan fingerprint density at radius 2 is 1.87 bits per heavy atom. The number of aromatic nitrogens is 3. The van der Waals surface area contributed by atoms with E-state index in [1.807, 2.05) is 79.7 Å². The van der Waals surface area contributed by atoms with Gasteiger partial charge in [-0.05, 0) is 81.0 Å². The Hall–Kier alpha value is -4.40. The van der Waals surface area contributed by atoms with Crippen LogP contribution in [0.3, 0.4) is 0 Å². The van der Waals surface area contributed by atoms with Crippen molar-refractivity contribution in [1.82, 2.24) is 19.7 Å². The van der Waals surface area contributed by atoms with Gasteiger partial charge in [0.25, 0.3) is 5.91 Å². The molecule has 0 radical (unpaired) electrons. The van der Waals surface area contributed by atoms with E-state index >= 15 is 0 Å². The van der Waals surface area contributed by atoms with Gasteiger partial charge in [0, 0.05) is 47.5 Å². The number of hydrogen-bond donors (Lipinski definition) is 3. The standard InChI is InChI=1S/C30H35N5O4/c1-5-31-30(39)24-11-12-25-20(3)17-35(27(25)14-24)21(4)29(38)33-26-13-22(18-34-16-19(2)15-32-34)9-10-23(26)7-6-8-28(36)37/h9-17,21H,5-8,18H2,1-4H3,(H,31,39)(H,33,38)(H,36,37). The first-order chi connectivity index (χ1) is 18.7. The molecule has 4 aromatic rings. The van der Waals surface area contributed by atoms with Crippen LogP contribution in [0.5, 0.6) is 0 Å². The Morgan fingerprint density at radius 3 is 2.56 bits per heavy atom. The number of carboxylic acid groups (broad SMARTS) is 1. The van der Waals surface area contributed by atoms with E-state index < -0.39 is 12.0 Å². The van der Waals surface area contributed by atoms with Gasteiger partial charge >= 0.3 is 5.97 Å². The number of carboxylic acids is 1. The molecule has 4 rings (SSSR count). The lowest BCUT2D eigenvalue weighted by molar-refractivity contribution is -0.137. The highest BCUT2D eigenvalue weighted by Gasteiger charge is 2.20. The number of aliphatic carboxylic acids is 1. The zero-order chi connectivity index (χ0) is 28.1. The number of hydrogen-bond acceptors (Lipinski definition) is 4. The first-order valence-corrected chi connectivity index (χ1v) is 13.2. The molecule has 0 aliphatic carbocycles. The molecule has 9 heteroatoms. The lowest BCUT2D eigenvalue weighted by Gasteiger charge is -2.18. The SMILES string of the molecule is CCNC(=O)c1ccc2c(C)cn(C(C)C(=O)Nc3cc(Cn4cc(C)cn4)ccc3CCCC(=O)O)c2c1. The van der Waals surface area contributed by atoms with E-state index in [1.54, 1.807) is 12.3 Å². The van der Waals surface area contributed by atoms with Gasteiger partial charge in [-0.15, -0.1) is 0 Å². The molecule has 1 unspecified atom stereocenters. The minimum absolute atomic E-state index is 0.0562. The maximum absolute atomic E-state index is 13.6. The molecular weight excluding hydrogens is 494 g/mol. The molecule has 0 aliphatic rings. The number of amides is 2. The van der Waals surface area contributed by atoms with E-state index in [-0.39, 0.29) is 18.2 Å². The Labute approximate surface area is 227 Å². The lowest BCUT2D eigenvalue weighted by atomic mass is 10.0. The van der Waals surface area contributed by atoms with Gasteiger partial charge in [-0.25, -0.2) is 0 Å². The van der Waals surface area contributed by atoms with Gasteiger partial charge in [0.15, 0.2) is 0 Å². The summed E-state index contributed by atoms with van der Waals surface area (Å²) in [5.74, 6) is -1.21. The van der Waals surface area contributed by atoms with Crippen molar-refractivity contribution in [3.8, 4) is 0 Å². The topological polar surface area (TPSA) is 118 Å². The summed E-state index contributed by atoms with van der Waals surface area (Å²) in [7, 11) is 0. The average molecular weight is 530 g/mol. The number of aryl methyl sites for hydroxylation is 3. The quantitative estimate of drug-likeness (QED) is 0.256. The van der Waals surface area contributed by atoms with Crippen LogP contribution in [0.25, 0.3) is 10.9 Å². The molecule has 39 heavy (non-hydrogen) atoms. The summed E-state index contributed by atoms with van der Waals surface area (Å²) in [6, 6.07) is 10.8. The summed E-state index contributed by atoms with van der Waals surface area (Å²) in [5.41, 5.74) is 5.93.